The number of hydrazone groups is 1. The van der Waals surface area contributed by atoms with Crippen molar-refractivity contribution in [1.82, 2.24) is 9.55 Å². The van der Waals surface area contributed by atoms with Crippen LogP contribution in [0.25, 0.3) is 17.1 Å². The molecule has 2 N–H and O–H groups in total. The molecule has 1 aliphatic rings. The predicted molar refractivity (Wildman–Crippen MR) is 134 cm³/mol. The van der Waals surface area contributed by atoms with Crippen LogP contribution in [0, 0.1) is 19.8 Å². The van der Waals surface area contributed by atoms with Gasteiger partial charge in [0.1, 0.15) is 12.4 Å². The van der Waals surface area contributed by atoms with Gasteiger partial charge in [0.05, 0.1) is 5.69 Å². The quantitative estimate of drug-likeness (QED) is 0.173. The van der Waals surface area contributed by atoms with E-state index in [0.29, 0.717) is 23.4 Å². The summed E-state index contributed by atoms with van der Waals surface area (Å²) in [6.07, 6.45) is 5.83. The second-order valence-electron chi connectivity index (χ2n) is 8.33. The van der Waals surface area contributed by atoms with Gasteiger partial charge in [-0.2, -0.15) is 0 Å². The largest absolute Gasteiger partial charge is 0.473 e. The fraction of sp³-hybridized carbons (Fsp3) is 0.360. The minimum Gasteiger partial charge on any atom is -0.473 e. The number of hydrogen-bond acceptors (Lipinski definition) is 4. The summed E-state index contributed by atoms with van der Waals surface area (Å²) < 4.78 is 9.33. The third kappa shape index (κ3) is 4.86. The van der Waals surface area contributed by atoms with Gasteiger partial charge in [-0.05, 0) is 74.7 Å². The Morgan fingerprint density at radius 3 is 2.53 bits per heavy atom. The Morgan fingerprint density at radius 1 is 1.16 bits per heavy atom. The van der Waals surface area contributed by atoms with Crippen molar-refractivity contribution in [1.29, 1.82) is 0 Å². The molecule has 1 heterocycles. The van der Waals surface area contributed by atoms with Gasteiger partial charge in [0.25, 0.3) is 0 Å². The maximum atomic E-state index is 6.21. The zero-order valence-corrected chi connectivity index (χ0v) is 20.8. The molecule has 1 aromatic heterocycles. The Kier molecular flexibility index (Phi) is 7.21. The van der Waals surface area contributed by atoms with Gasteiger partial charge in [-0.15, -0.1) is 5.10 Å². The normalized spacial score (nSPS) is 15.2. The molecule has 0 radical (unpaired) electrons. The lowest BCUT2D eigenvalue weighted by atomic mass is 9.89. The third-order valence-electron chi connectivity index (χ3n) is 6.16. The van der Waals surface area contributed by atoms with Crippen molar-refractivity contribution in [2.75, 3.05) is 0 Å². The number of rotatable bonds is 5. The first-order chi connectivity index (χ1) is 15.5. The SMILES string of the molecule is Cc1cc(Cl)ccc1-c1nc(CO/C(=N\N)C2CCCCC2)c(C)n1-c1ccc(Br)cc1. The lowest BCUT2D eigenvalue weighted by Gasteiger charge is -2.22. The van der Waals surface area contributed by atoms with E-state index in [1.54, 1.807) is 0 Å². The van der Waals surface area contributed by atoms with E-state index in [-0.39, 0.29) is 0 Å². The van der Waals surface area contributed by atoms with Gasteiger partial charge in [-0.3, -0.25) is 4.57 Å². The highest BCUT2D eigenvalue weighted by molar-refractivity contribution is 9.10. The minimum absolute atomic E-state index is 0.306. The van der Waals surface area contributed by atoms with Gasteiger partial charge in [0.15, 0.2) is 0 Å². The van der Waals surface area contributed by atoms with Crippen molar-refractivity contribution in [2.24, 2.45) is 16.9 Å². The van der Waals surface area contributed by atoms with Crippen LogP contribution in [0.5, 0.6) is 0 Å². The van der Waals surface area contributed by atoms with Gasteiger partial charge < -0.3 is 10.6 Å². The Bertz CT molecular complexity index is 1120. The smallest absolute Gasteiger partial charge is 0.209 e. The topological polar surface area (TPSA) is 65.4 Å². The molecule has 32 heavy (non-hydrogen) atoms. The molecule has 0 bridgehead atoms. The molecule has 1 fully saturated rings. The molecule has 1 saturated carbocycles. The number of aromatic nitrogens is 2. The van der Waals surface area contributed by atoms with Crippen molar-refractivity contribution in [3.05, 3.63) is 68.9 Å². The maximum Gasteiger partial charge on any atom is 0.209 e. The first-order valence-corrected chi connectivity index (χ1v) is 12.2. The summed E-state index contributed by atoms with van der Waals surface area (Å²) in [7, 11) is 0. The highest BCUT2D eigenvalue weighted by Gasteiger charge is 2.23. The van der Waals surface area contributed by atoms with Gasteiger partial charge in [0.2, 0.25) is 5.90 Å². The minimum atomic E-state index is 0.306. The summed E-state index contributed by atoms with van der Waals surface area (Å²) in [6.45, 7) is 4.46. The Hall–Kier alpha value is -2.31. The van der Waals surface area contributed by atoms with Crippen LogP contribution >= 0.6 is 27.5 Å². The Labute approximate surface area is 202 Å². The van der Waals surface area contributed by atoms with E-state index in [1.165, 1.54) is 19.3 Å². The van der Waals surface area contributed by atoms with Crippen LogP contribution in [-0.2, 0) is 11.3 Å². The lowest BCUT2D eigenvalue weighted by Crippen LogP contribution is -2.22. The van der Waals surface area contributed by atoms with E-state index >= 15 is 0 Å². The van der Waals surface area contributed by atoms with Gasteiger partial charge in [0, 0.05) is 32.4 Å². The molecule has 3 aromatic rings. The molecular formula is C25H28BrClN4O. The highest BCUT2D eigenvalue weighted by atomic mass is 79.9. The number of nitrogens with two attached hydrogens (primary N) is 1. The molecule has 2 aromatic carbocycles. The fourth-order valence-electron chi connectivity index (χ4n) is 4.40. The average molecular weight is 516 g/mol. The van der Waals surface area contributed by atoms with E-state index in [1.807, 2.05) is 30.3 Å². The number of aryl methyl sites for hydroxylation is 1. The number of hydrogen-bond donors (Lipinski definition) is 1. The molecular weight excluding hydrogens is 488 g/mol. The number of ether oxygens (including phenoxy) is 1. The second kappa shape index (κ2) is 10.1. The summed E-state index contributed by atoms with van der Waals surface area (Å²) in [6, 6.07) is 14.1. The molecule has 4 rings (SSSR count). The van der Waals surface area contributed by atoms with Crippen molar-refractivity contribution < 1.29 is 4.74 Å². The second-order valence-corrected chi connectivity index (χ2v) is 9.68. The zero-order valence-electron chi connectivity index (χ0n) is 18.4. The van der Waals surface area contributed by atoms with Gasteiger partial charge in [-0.1, -0.05) is 46.8 Å². The molecule has 1 aliphatic carbocycles. The first kappa shape index (κ1) is 22.9. The number of benzene rings is 2. The molecule has 0 atom stereocenters. The van der Waals surface area contributed by atoms with Crippen LogP contribution in [0.4, 0.5) is 0 Å². The van der Waals surface area contributed by atoms with Crippen molar-refractivity contribution in [2.45, 2.75) is 52.6 Å². The summed E-state index contributed by atoms with van der Waals surface area (Å²) in [5.74, 6) is 7.51. The summed E-state index contributed by atoms with van der Waals surface area (Å²) in [4.78, 5) is 5.01. The summed E-state index contributed by atoms with van der Waals surface area (Å²) >= 11 is 9.74. The van der Waals surface area contributed by atoms with Crippen LogP contribution in [0.15, 0.2) is 52.0 Å². The van der Waals surface area contributed by atoms with Crippen LogP contribution in [0.3, 0.4) is 0 Å². The molecule has 0 aliphatic heterocycles. The Morgan fingerprint density at radius 2 is 1.88 bits per heavy atom. The molecule has 168 valence electrons. The molecule has 7 heteroatoms. The van der Waals surface area contributed by atoms with Crippen molar-refractivity contribution in [3.63, 3.8) is 0 Å². The standard InChI is InChI=1S/C25H28BrClN4O/c1-16-14-20(27)10-13-22(16)24-29-23(15-32-25(30-28)18-6-4-3-5-7-18)17(2)31(24)21-11-8-19(26)9-12-21/h8-14,18H,3-7,15,28H2,1-2H3/b30-25-. The summed E-state index contributed by atoms with van der Waals surface area (Å²) in [5.41, 5.74) is 5.03. The molecule has 0 spiro atoms. The molecule has 5 nitrogen and oxygen atoms in total. The zero-order chi connectivity index (χ0) is 22.7. The van der Waals surface area contributed by atoms with Crippen LogP contribution in [0.1, 0.15) is 49.1 Å². The summed E-state index contributed by atoms with van der Waals surface area (Å²) in [5, 5.41) is 4.69. The van der Waals surface area contributed by atoms with Crippen LogP contribution in [-0.4, -0.2) is 15.4 Å². The van der Waals surface area contributed by atoms with E-state index < -0.39 is 0 Å². The highest BCUT2D eigenvalue weighted by Crippen LogP contribution is 2.31. The van der Waals surface area contributed by atoms with E-state index in [0.717, 1.165) is 51.3 Å². The van der Waals surface area contributed by atoms with E-state index in [9.17, 15) is 0 Å². The maximum absolute atomic E-state index is 6.21. The third-order valence-corrected chi connectivity index (χ3v) is 6.92. The van der Waals surface area contributed by atoms with E-state index in [2.05, 4.69) is 51.6 Å². The predicted octanol–water partition coefficient (Wildman–Crippen LogP) is 6.94. The van der Waals surface area contributed by atoms with E-state index in [4.69, 9.17) is 27.2 Å². The monoisotopic (exact) mass is 514 g/mol. The molecule has 0 saturated heterocycles. The first-order valence-electron chi connectivity index (χ1n) is 11.0. The van der Waals surface area contributed by atoms with Crippen LogP contribution in [0.2, 0.25) is 5.02 Å². The van der Waals surface area contributed by atoms with Gasteiger partial charge >= 0.3 is 0 Å². The van der Waals surface area contributed by atoms with Crippen LogP contribution < -0.4 is 5.84 Å². The van der Waals surface area contributed by atoms with Crippen molar-refractivity contribution >= 4 is 33.4 Å². The number of halogens is 2. The Balaban J connectivity index is 1.71. The number of nitrogens with zero attached hydrogens (tertiary/aromatic N) is 3. The molecule has 0 unspecified atom stereocenters. The lowest BCUT2D eigenvalue weighted by molar-refractivity contribution is 0.247. The fourth-order valence-corrected chi connectivity index (χ4v) is 4.89. The van der Waals surface area contributed by atoms with Crippen molar-refractivity contribution in [3.8, 4) is 17.1 Å². The number of imidazole rings is 1. The van der Waals surface area contributed by atoms with Gasteiger partial charge in [-0.25, -0.2) is 4.98 Å². The molecule has 0 amide bonds. The average Bonchev–Trinajstić information content (AvgIpc) is 3.11.